The van der Waals surface area contributed by atoms with Crippen molar-refractivity contribution in [1.29, 1.82) is 0 Å². The number of hydrogen-bond acceptors (Lipinski definition) is 5. The van der Waals surface area contributed by atoms with Gasteiger partial charge in [-0.05, 0) is 14.0 Å². The van der Waals surface area contributed by atoms with Crippen LogP contribution in [0.3, 0.4) is 0 Å². The molecule has 1 unspecified atom stereocenters. The van der Waals surface area contributed by atoms with Gasteiger partial charge in [0, 0.05) is 18.7 Å². The van der Waals surface area contributed by atoms with E-state index < -0.39 is 10.7 Å². The van der Waals surface area contributed by atoms with Gasteiger partial charge in [-0.1, -0.05) is 0 Å². The zero-order valence-corrected chi connectivity index (χ0v) is 10.5. The average molecular weight is 257 g/mol. The average Bonchev–Trinajstić information content (AvgIpc) is 2.36. The van der Waals surface area contributed by atoms with Crippen LogP contribution < -0.4 is 15.4 Å². The van der Waals surface area contributed by atoms with E-state index in [0.29, 0.717) is 6.54 Å². The lowest BCUT2D eigenvalue weighted by atomic mass is 10.2. The number of halogens is 1. The van der Waals surface area contributed by atoms with Crippen LogP contribution in [0.5, 0.6) is 5.75 Å². The van der Waals surface area contributed by atoms with Gasteiger partial charge >= 0.3 is 0 Å². The molecule has 1 atom stereocenters. The lowest BCUT2D eigenvalue weighted by Crippen LogP contribution is -2.29. The minimum Gasteiger partial charge on any atom is -0.494 e. The molecule has 0 aromatic heterocycles. The van der Waals surface area contributed by atoms with Crippen LogP contribution in [0, 0.1) is 15.9 Å². The van der Waals surface area contributed by atoms with Gasteiger partial charge in [0.2, 0.25) is 0 Å². The smallest absolute Gasteiger partial charge is 0.295 e. The fourth-order valence-corrected chi connectivity index (χ4v) is 1.36. The Hall–Kier alpha value is -1.89. The molecule has 100 valence electrons. The molecule has 0 aliphatic carbocycles. The molecule has 0 heterocycles. The summed E-state index contributed by atoms with van der Waals surface area (Å²) in [6.07, 6.45) is 0. The third-order valence-corrected chi connectivity index (χ3v) is 2.56. The van der Waals surface area contributed by atoms with Crippen molar-refractivity contribution < 1.29 is 14.1 Å². The van der Waals surface area contributed by atoms with Gasteiger partial charge in [-0.3, -0.25) is 10.1 Å². The normalized spacial score (nSPS) is 12.0. The van der Waals surface area contributed by atoms with Crippen LogP contribution in [0.15, 0.2) is 12.1 Å². The molecular formula is C11H16FN3O3. The molecule has 2 N–H and O–H groups in total. The Morgan fingerprint density at radius 2 is 2.22 bits per heavy atom. The van der Waals surface area contributed by atoms with Crippen LogP contribution in [0.4, 0.5) is 15.8 Å². The molecule has 7 heteroatoms. The monoisotopic (exact) mass is 257 g/mol. The lowest BCUT2D eigenvalue weighted by Gasteiger charge is -2.13. The molecule has 0 saturated carbocycles. The van der Waals surface area contributed by atoms with Gasteiger partial charge in [-0.25, -0.2) is 4.39 Å². The van der Waals surface area contributed by atoms with E-state index >= 15 is 0 Å². The summed E-state index contributed by atoms with van der Waals surface area (Å²) in [5.74, 6) is -0.781. The number of ether oxygens (including phenoxy) is 1. The van der Waals surface area contributed by atoms with E-state index in [0.717, 1.165) is 6.07 Å². The van der Waals surface area contributed by atoms with Gasteiger partial charge in [0.05, 0.1) is 18.1 Å². The highest BCUT2D eigenvalue weighted by molar-refractivity contribution is 5.64. The topological polar surface area (TPSA) is 76.4 Å². The highest BCUT2D eigenvalue weighted by atomic mass is 19.1. The number of hydrogen-bond donors (Lipinski definition) is 2. The van der Waals surface area contributed by atoms with Gasteiger partial charge < -0.3 is 15.4 Å². The van der Waals surface area contributed by atoms with Crippen molar-refractivity contribution in [3.63, 3.8) is 0 Å². The Morgan fingerprint density at radius 1 is 1.56 bits per heavy atom. The van der Waals surface area contributed by atoms with Crippen molar-refractivity contribution in [3.05, 3.63) is 28.1 Å². The van der Waals surface area contributed by atoms with E-state index in [9.17, 15) is 14.5 Å². The van der Waals surface area contributed by atoms with Crippen molar-refractivity contribution in [2.24, 2.45) is 0 Å². The predicted molar refractivity (Wildman–Crippen MR) is 66.6 cm³/mol. The maximum absolute atomic E-state index is 13.4. The zero-order valence-electron chi connectivity index (χ0n) is 10.5. The Labute approximate surface area is 104 Å². The van der Waals surface area contributed by atoms with E-state index in [1.807, 2.05) is 6.92 Å². The zero-order chi connectivity index (χ0) is 13.7. The first-order valence-corrected chi connectivity index (χ1v) is 5.42. The molecule has 0 aliphatic heterocycles. The van der Waals surface area contributed by atoms with Gasteiger partial charge in [-0.15, -0.1) is 0 Å². The molecule has 0 radical (unpaired) electrons. The highest BCUT2D eigenvalue weighted by Crippen LogP contribution is 2.31. The summed E-state index contributed by atoms with van der Waals surface area (Å²) in [6.45, 7) is 2.39. The number of anilines is 1. The summed E-state index contributed by atoms with van der Waals surface area (Å²) in [5, 5.41) is 16.7. The first-order valence-electron chi connectivity index (χ1n) is 5.42. The first-order chi connectivity index (χ1) is 8.49. The molecule has 18 heavy (non-hydrogen) atoms. The van der Waals surface area contributed by atoms with Crippen LogP contribution in [0.25, 0.3) is 0 Å². The van der Waals surface area contributed by atoms with Crippen molar-refractivity contribution in [3.8, 4) is 5.75 Å². The third-order valence-electron chi connectivity index (χ3n) is 2.56. The Balaban J connectivity index is 3.02. The number of nitrogens with one attached hydrogen (secondary N) is 2. The van der Waals surface area contributed by atoms with E-state index in [-0.39, 0.29) is 23.2 Å². The largest absolute Gasteiger partial charge is 0.494 e. The summed E-state index contributed by atoms with van der Waals surface area (Å²) >= 11 is 0. The Bertz CT molecular complexity index is 440. The van der Waals surface area contributed by atoms with Crippen molar-refractivity contribution in [1.82, 2.24) is 5.32 Å². The minimum atomic E-state index is -0.753. The summed E-state index contributed by atoms with van der Waals surface area (Å²) in [6, 6.07) is 2.27. The number of nitro benzene ring substituents is 1. The SMILES string of the molecule is CNC(C)CNc1cc(OC)c(F)cc1[N+](=O)[O-]. The summed E-state index contributed by atoms with van der Waals surface area (Å²) in [5.41, 5.74) is -0.0723. The van der Waals surface area contributed by atoms with Crippen LogP contribution in [0.2, 0.25) is 0 Å². The van der Waals surface area contributed by atoms with Gasteiger partial charge in [0.15, 0.2) is 11.6 Å². The number of nitro groups is 1. The second-order valence-electron chi connectivity index (χ2n) is 3.83. The van der Waals surface area contributed by atoms with Crippen LogP contribution in [0.1, 0.15) is 6.92 Å². The van der Waals surface area contributed by atoms with E-state index in [1.165, 1.54) is 13.2 Å². The molecular weight excluding hydrogens is 241 g/mol. The number of nitrogens with zero attached hydrogens (tertiary/aromatic N) is 1. The maximum Gasteiger partial charge on any atom is 0.295 e. The van der Waals surface area contributed by atoms with E-state index in [1.54, 1.807) is 7.05 Å². The Kier molecular flexibility index (Phi) is 4.85. The second-order valence-corrected chi connectivity index (χ2v) is 3.83. The lowest BCUT2D eigenvalue weighted by molar-refractivity contribution is -0.384. The van der Waals surface area contributed by atoms with Crippen molar-refractivity contribution >= 4 is 11.4 Å². The van der Waals surface area contributed by atoms with Crippen LogP contribution >= 0.6 is 0 Å². The molecule has 0 spiro atoms. The quantitative estimate of drug-likeness (QED) is 0.600. The van der Waals surface area contributed by atoms with Gasteiger partial charge in [0.1, 0.15) is 5.69 Å². The maximum atomic E-state index is 13.4. The number of rotatable bonds is 6. The summed E-state index contributed by atoms with van der Waals surface area (Å²) in [7, 11) is 3.09. The number of methoxy groups -OCH3 is 1. The van der Waals surface area contributed by atoms with Gasteiger partial charge in [-0.2, -0.15) is 0 Å². The van der Waals surface area contributed by atoms with E-state index in [2.05, 4.69) is 10.6 Å². The summed E-state index contributed by atoms with van der Waals surface area (Å²) in [4.78, 5) is 10.2. The second kappa shape index (κ2) is 6.15. The molecule has 1 aromatic rings. The fourth-order valence-electron chi connectivity index (χ4n) is 1.36. The molecule has 0 fully saturated rings. The molecule has 0 aliphatic rings. The predicted octanol–water partition coefficient (Wildman–Crippen LogP) is 1.76. The number of likely N-dealkylation sites (N-methyl/N-ethyl adjacent to an activating group) is 1. The third kappa shape index (κ3) is 3.30. The number of benzene rings is 1. The van der Waals surface area contributed by atoms with E-state index in [4.69, 9.17) is 4.74 Å². The standard InChI is InChI=1S/C11H16FN3O3/c1-7(13-2)6-14-9-5-11(18-3)8(12)4-10(9)15(16)17/h4-5,7,13-14H,6H2,1-3H3. The summed E-state index contributed by atoms with van der Waals surface area (Å²) < 4.78 is 18.2. The van der Waals surface area contributed by atoms with Crippen LogP contribution in [-0.2, 0) is 0 Å². The van der Waals surface area contributed by atoms with Crippen molar-refractivity contribution in [2.75, 3.05) is 26.0 Å². The molecule has 1 rings (SSSR count). The molecule has 6 nitrogen and oxygen atoms in total. The van der Waals surface area contributed by atoms with Crippen molar-refractivity contribution in [2.45, 2.75) is 13.0 Å². The molecule has 0 saturated heterocycles. The van der Waals surface area contributed by atoms with Gasteiger partial charge in [0.25, 0.3) is 5.69 Å². The fraction of sp³-hybridized carbons (Fsp3) is 0.455. The highest BCUT2D eigenvalue weighted by Gasteiger charge is 2.19. The first kappa shape index (κ1) is 14.2. The van der Waals surface area contributed by atoms with Crippen LogP contribution in [-0.4, -0.2) is 31.7 Å². The Morgan fingerprint density at radius 3 is 2.72 bits per heavy atom. The molecule has 0 amide bonds. The molecule has 1 aromatic carbocycles. The minimum absolute atomic E-state index is 0.0276. The molecule has 0 bridgehead atoms.